The zero-order valence-electron chi connectivity index (χ0n) is 14.3. The number of rotatable bonds is 4. The van der Waals surface area contributed by atoms with Crippen LogP contribution in [0.3, 0.4) is 0 Å². The molecular weight excluding hydrogens is 300 g/mol. The smallest absolute Gasteiger partial charge is 0.325 e. The highest BCUT2D eigenvalue weighted by Gasteiger charge is 2.31. The molecule has 0 aromatic heterocycles. The molecular formula is C20H24N2O2. The highest BCUT2D eigenvalue weighted by Crippen LogP contribution is 2.28. The predicted molar refractivity (Wildman–Crippen MR) is 96.5 cm³/mol. The Balaban J connectivity index is 1.77. The van der Waals surface area contributed by atoms with E-state index in [0.717, 1.165) is 42.9 Å². The van der Waals surface area contributed by atoms with E-state index in [-0.39, 0.29) is 0 Å². The summed E-state index contributed by atoms with van der Waals surface area (Å²) in [5, 5.41) is 9.82. The summed E-state index contributed by atoms with van der Waals surface area (Å²) in [6.45, 7) is 7.24. The molecule has 2 aromatic rings. The number of aryl methyl sites for hydroxylation is 1. The van der Waals surface area contributed by atoms with Crippen LogP contribution in [-0.4, -0.2) is 42.2 Å². The van der Waals surface area contributed by atoms with Crippen molar-refractivity contribution in [1.29, 1.82) is 0 Å². The highest BCUT2D eigenvalue weighted by atomic mass is 16.4. The Morgan fingerprint density at radius 3 is 2.25 bits per heavy atom. The van der Waals surface area contributed by atoms with Gasteiger partial charge < -0.3 is 10.0 Å². The predicted octanol–water partition coefficient (Wildman–Crippen LogP) is 3.25. The van der Waals surface area contributed by atoms with E-state index in [9.17, 15) is 9.90 Å². The van der Waals surface area contributed by atoms with Crippen molar-refractivity contribution >= 4 is 11.7 Å². The molecule has 1 heterocycles. The second-order valence-corrected chi connectivity index (χ2v) is 6.39. The van der Waals surface area contributed by atoms with Crippen molar-refractivity contribution in [2.24, 2.45) is 0 Å². The van der Waals surface area contributed by atoms with Gasteiger partial charge in [-0.2, -0.15) is 0 Å². The summed E-state index contributed by atoms with van der Waals surface area (Å²) in [4.78, 5) is 16.4. The molecule has 4 heteroatoms. The molecule has 1 aliphatic heterocycles. The molecule has 0 spiro atoms. The molecule has 2 aromatic carbocycles. The van der Waals surface area contributed by atoms with Gasteiger partial charge in [0.1, 0.15) is 6.04 Å². The number of aliphatic carboxylic acids is 1. The number of piperazine rings is 1. The van der Waals surface area contributed by atoms with Gasteiger partial charge in [-0.15, -0.1) is 0 Å². The third-order valence-corrected chi connectivity index (χ3v) is 4.98. The second kappa shape index (κ2) is 7.05. The maximum Gasteiger partial charge on any atom is 0.325 e. The number of para-hydroxylation sites is 1. The van der Waals surface area contributed by atoms with Crippen LogP contribution in [0.1, 0.15) is 22.7 Å². The highest BCUT2D eigenvalue weighted by molar-refractivity contribution is 5.76. The Hall–Kier alpha value is -2.33. The molecule has 1 atom stereocenters. The van der Waals surface area contributed by atoms with E-state index < -0.39 is 12.0 Å². The Labute approximate surface area is 143 Å². The number of carbonyl (C=O) groups is 1. The lowest BCUT2D eigenvalue weighted by Gasteiger charge is -2.39. The fourth-order valence-electron chi connectivity index (χ4n) is 3.43. The first-order chi connectivity index (χ1) is 11.6. The summed E-state index contributed by atoms with van der Waals surface area (Å²) >= 11 is 0. The van der Waals surface area contributed by atoms with Crippen LogP contribution in [0.25, 0.3) is 0 Å². The molecule has 126 valence electrons. The third-order valence-electron chi connectivity index (χ3n) is 4.98. The van der Waals surface area contributed by atoms with E-state index in [1.807, 2.05) is 50.2 Å². The number of nitrogens with zero attached hydrogens (tertiary/aromatic N) is 2. The first-order valence-corrected chi connectivity index (χ1v) is 8.41. The van der Waals surface area contributed by atoms with Crippen LogP contribution >= 0.6 is 0 Å². The Morgan fingerprint density at radius 2 is 1.62 bits per heavy atom. The second-order valence-electron chi connectivity index (χ2n) is 6.39. The first-order valence-electron chi connectivity index (χ1n) is 8.41. The number of carboxylic acids is 1. The van der Waals surface area contributed by atoms with E-state index in [0.29, 0.717) is 0 Å². The van der Waals surface area contributed by atoms with Crippen LogP contribution in [0.2, 0.25) is 0 Å². The maximum atomic E-state index is 12.0. The molecule has 4 nitrogen and oxygen atoms in total. The summed E-state index contributed by atoms with van der Waals surface area (Å²) in [5.74, 6) is -0.767. The Morgan fingerprint density at radius 1 is 0.958 bits per heavy atom. The number of anilines is 1. The maximum absolute atomic E-state index is 12.0. The molecule has 0 radical (unpaired) electrons. The van der Waals surface area contributed by atoms with Gasteiger partial charge >= 0.3 is 5.97 Å². The van der Waals surface area contributed by atoms with Gasteiger partial charge in [-0.3, -0.25) is 9.69 Å². The van der Waals surface area contributed by atoms with Gasteiger partial charge in [-0.25, -0.2) is 0 Å². The van der Waals surface area contributed by atoms with Gasteiger partial charge in [-0.1, -0.05) is 36.4 Å². The lowest BCUT2D eigenvalue weighted by Crippen LogP contribution is -2.49. The lowest BCUT2D eigenvalue weighted by molar-refractivity contribution is -0.143. The largest absolute Gasteiger partial charge is 0.480 e. The zero-order chi connectivity index (χ0) is 17.1. The summed E-state index contributed by atoms with van der Waals surface area (Å²) in [7, 11) is 0. The molecule has 1 fully saturated rings. The van der Waals surface area contributed by atoms with Crippen molar-refractivity contribution in [3.63, 3.8) is 0 Å². The standard InChI is InChI=1S/C20H24N2O2/c1-15-7-6-10-18(16(15)2)19(20(23)24)22-13-11-21(12-14-22)17-8-4-3-5-9-17/h3-10,19H,11-14H2,1-2H3,(H,23,24)/t19-/m0/s1. The van der Waals surface area contributed by atoms with Crippen LogP contribution in [0.4, 0.5) is 5.69 Å². The summed E-state index contributed by atoms with van der Waals surface area (Å²) < 4.78 is 0. The molecule has 0 unspecified atom stereocenters. The van der Waals surface area contributed by atoms with Crippen molar-refractivity contribution in [1.82, 2.24) is 4.90 Å². The monoisotopic (exact) mass is 324 g/mol. The lowest BCUT2D eigenvalue weighted by atomic mass is 9.96. The molecule has 3 rings (SSSR count). The van der Waals surface area contributed by atoms with Crippen molar-refractivity contribution in [2.75, 3.05) is 31.1 Å². The van der Waals surface area contributed by atoms with Crippen molar-refractivity contribution < 1.29 is 9.90 Å². The normalized spacial score (nSPS) is 16.8. The van der Waals surface area contributed by atoms with Gasteiger partial charge in [0.05, 0.1) is 0 Å². The summed E-state index contributed by atoms with van der Waals surface area (Å²) in [6, 6.07) is 15.7. The molecule has 0 bridgehead atoms. The molecule has 1 saturated heterocycles. The third kappa shape index (κ3) is 3.29. The van der Waals surface area contributed by atoms with Gasteiger partial charge in [0.25, 0.3) is 0 Å². The average Bonchev–Trinajstić information content (AvgIpc) is 2.60. The number of carboxylic acid groups (broad SMARTS) is 1. The van der Waals surface area contributed by atoms with Gasteiger partial charge in [-0.05, 0) is 42.7 Å². The summed E-state index contributed by atoms with van der Waals surface area (Å²) in [5.41, 5.74) is 4.34. The minimum Gasteiger partial charge on any atom is -0.480 e. The topological polar surface area (TPSA) is 43.8 Å². The summed E-state index contributed by atoms with van der Waals surface area (Å²) in [6.07, 6.45) is 0. The van der Waals surface area contributed by atoms with Crippen LogP contribution in [0, 0.1) is 13.8 Å². The van der Waals surface area contributed by atoms with Crippen molar-refractivity contribution in [2.45, 2.75) is 19.9 Å². The zero-order valence-corrected chi connectivity index (χ0v) is 14.3. The molecule has 0 saturated carbocycles. The van der Waals surface area contributed by atoms with Gasteiger partial charge in [0.15, 0.2) is 0 Å². The van der Waals surface area contributed by atoms with Crippen molar-refractivity contribution in [3.05, 3.63) is 65.2 Å². The van der Waals surface area contributed by atoms with Crippen molar-refractivity contribution in [3.8, 4) is 0 Å². The van der Waals surface area contributed by atoms with E-state index in [2.05, 4.69) is 21.9 Å². The number of benzene rings is 2. The molecule has 0 amide bonds. The minimum atomic E-state index is -0.767. The first kappa shape index (κ1) is 16.5. The Kier molecular flexibility index (Phi) is 4.86. The minimum absolute atomic E-state index is 0.567. The number of hydrogen-bond acceptors (Lipinski definition) is 3. The van der Waals surface area contributed by atoms with Crippen LogP contribution in [0.15, 0.2) is 48.5 Å². The molecule has 1 N–H and O–H groups in total. The number of hydrogen-bond donors (Lipinski definition) is 1. The van der Waals surface area contributed by atoms with E-state index in [4.69, 9.17) is 0 Å². The fourth-order valence-corrected chi connectivity index (χ4v) is 3.43. The van der Waals surface area contributed by atoms with E-state index in [1.54, 1.807) is 0 Å². The Bertz CT molecular complexity index is 707. The van der Waals surface area contributed by atoms with Crippen LogP contribution in [-0.2, 0) is 4.79 Å². The fraction of sp³-hybridized carbons (Fsp3) is 0.350. The van der Waals surface area contributed by atoms with E-state index >= 15 is 0 Å². The SMILES string of the molecule is Cc1cccc([C@@H](C(=O)O)N2CCN(c3ccccc3)CC2)c1C. The van der Waals surface area contributed by atoms with Gasteiger partial charge in [0, 0.05) is 31.9 Å². The van der Waals surface area contributed by atoms with E-state index in [1.165, 1.54) is 5.69 Å². The van der Waals surface area contributed by atoms with Crippen LogP contribution in [0.5, 0.6) is 0 Å². The van der Waals surface area contributed by atoms with Crippen LogP contribution < -0.4 is 4.90 Å². The molecule has 1 aliphatic rings. The van der Waals surface area contributed by atoms with Gasteiger partial charge in [0.2, 0.25) is 0 Å². The molecule has 0 aliphatic carbocycles. The molecule has 24 heavy (non-hydrogen) atoms. The average molecular weight is 324 g/mol. The quantitative estimate of drug-likeness (QED) is 0.937.